The molecule has 0 aliphatic carbocycles. The number of ether oxygens (including phenoxy) is 1. The highest BCUT2D eigenvalue weighted by molar-refractivity contribution is 5.85. The molecule has 108 valence electrons. The van der Waals surface area contributed by atoms with Gasteiger partial charge in [0, 0.05) is 18.7 Å². The lowest BCUT2D eigenvalue weighted by Crippen LogP contribution is -2.05. The van der Waals surface area contributed by atoms with Crippen molar-refractivity contribution in [3.8, 4) is 11.5 Å². The van der Waals surface area contributed by atoms with Crippen molar-refractivity contribution in [3.63, 3.8) is 0 Å². The van der Waals surface area contributed by atoms with Crippen LogP contribution in [0.1, 0.15) is 6.42 Å². The molecule has 1 aromatic carbocycles. The molecule has 0 unspecified atom stereocenters. The Labute approximate surface area is 121 Å². The van der Waals surface area contributed by atoms with Crippen molar-refractivity contribution in [3.05, 3.63) is 46.8 Å². The molecule has 0 radical (unpaired) electrons. The first kappa shape index (κ1) is 15.9. The van der Waals surface area contributed by atoms with E-state index in [1.54, 1.807) is 29.2 Å². The Morgan fingerprint density at radius 1 is 1.30 bits per heavy atom. The van der Waals surface area contributed by atoms with Crippen LogP contribution in [0.25, 0.3) is 0 Å². The molecule has 2 N–H and O–H groups in total. The molecule has 0 bridgehead atoms. The third-order valence-electron chi connectivity index (χ3n) is 2.48. The second-order valence-electron chi connectivity index (χ2n) is 3.93. The van der Waals surface area contributed by atoms with Gasteiger partial charge in [0.05, 0.1) is 17.3 Å². The lowest BCUT2D eigenvalue weighted by molar-refractivity contribution is -0.384. The molecule has 20 heavy (non-hydrogen) atoms. The maximum absolute atomic E-state index is 10.5. The maximum atomic E-state index is 10.5. The molecule has 2 rings (SSSR count). The Bertz CT molecular complexity index is 556. The molecule has 0 atom stereocenters. The fourth-order valence-corrected chi connectivity index (χ4v) is 1.54. The number of hydrogen-bond acceptors (Lipinski definition) is 5. The molecule has 8 heteroatoms. The Morgan fingerprint density at radius 3 is 2.60 bits per heavy atom. The van der Waals surface area contributed by atoms with Gasteiger partial charge in [0.15, 0.2) is 5.75 Å². The van der Waals surface area contributed by atoms with Crippen LogP contribution in [0, 0.1) is 10.1 Å². The van der Waals surface area contributed by atoms with Crippen LogP contribution in [0.2, 0.25) is 0 Å². The molecule has 0 amide bonds. The van der Waals surface area contributed by atoms with E-state index >= 15 is 0 Å². The monoisotopic (exact) mass is 298 g/mol. The van der Waals surface area contributed by atoms with E-state index in [2.05, 4.69) is 5.10 Å². The number of non-ortho nitro benzene ring substituents is 1. The number of nitrogens with two attached hydrogens (primary N) is 1. The molecule has 0 saturated carbocycles. The Hall–Kier alpha value is -2.12. The van der Waals surface area contributed by atoms with Gasteiger partial charge in [-0.2, -0.15) is 5.10 Å². The van der Waals surface area contributed by atoms with E-state index in [9.17, 15) is 10.1 Å². The van der Waals surface area contributed by atoms with Crippen LogP contribution in [0.4, 0.5) is 5.69 Å². The van der Waals surface area contributed by atoms with E-state index in [0.717, 1.165) is 13.0 Å². The summed E-state index contributed by atoms with van der Waals surface area (Å²) in [5, 5.41) is 14.6. The van der Waals surface area contributed by atoms with Crippen molar-refractivity contribution in [2.24, 2.45) is 5.73 Å². The van der Waals surface area contributed by atoms with Crippen LogP contribution in [0.15, 0.2) is 36.7 Å². The average Bonchev–Trinajstić information content (AvgIpc) is 2.84. The van der Waals surface area contributed by atoms with Crippen LogP contribution in [0.3, 0.4) is 0 Å². The zero-order valence-electron chi connectivity index (χ0n) is 10.6. The minimum Gasteiger partial charge on any atom is -0.454 e. The second kappa shape index (κ2) is 7.46. The minimum absolute atomic E-state index is 0. The van der Waals surface area contributed by atoms with Crippen LogP contribution < -0.4 is 10.5 Å². The molecule has 0 aliphatic rings. The van der Waals surface area contributed by atoms with Crippen molar-refractivity contribution in [2.45, 2.75) is 13.0 Å². The van der Waals surface area contributed by atoms with Gasteiger partial charge in [-0.05, 0) is 25.1 Å². The van der Waals surface area contributed by atoms with Crippen LogP contribution in [-0.4, -0.2) is 21.2 Å². The summed E-state index contributed by atoms with van der Waals surface area (Å²) in [4.78, 5) is 10.1. The Morgan fingerprint density at radius 2 is 2.00 bits per heavy atom. The topological polar surface area (TPSA) is 96.2 Å². The maximum Gasteiger partial charge on any atom is 0.269 e. The second-order valence-corrected chi connectivity index (χ2v) is 3.93. The summed E-state index contributed by atoms with van der Waals surface area (Å²) in [5.74, 6) is 1.12. The first-order valence-corrected chi connectivity index (χ1v) is 5.84. The van der Waals surface area contributed by atoms with E-state index in [1.165, 1.54) is 12.1 Å². The van der Waals surface area contributed by atoms with Gasteiger partial charge < -0.3 is 10.5 Å². The smallest absolute Gasteiger partial charge is 0.269 e. The van der Waals surface area contributed by atoms with Gasteiger partial charge in [0.25, 0.3) is 5.69 Å². The number of nitrogens with zero attached hydrogens (tertiary/aromatic N) is 3. The fraction of sp³-hybridized carbons (Fsp3) is 0.250. The molecule has 2 aromatic rings. The summed E-state index contributed by atoms with van der Waals surface area (Å²) in [6, 6.07) is 5.90. The van der Waals surface area contributed by atoms with Crippen molar-refractivity contribution in [1.29, 1.82) is 0 Å². The first-order chi connectivity index (χ1) is 9.19. The van der Waals surface area contributed by atoms with Crippen LogP contribution >= 0.6 is 12.4 Å². The standard InChI is InChI=1S/C12H14N4O3.ClH/c13-6-1-7-15-9-12(8-14-15)19-11-4-2-10(3-5-11)16(17)18;/h2-5,8-9H,1,6-7,13H2;1H. The molecule has 1 aromatic heterocycles. The molecule has 1 heterocycles. The van der Waals surface area contributed by atoms with E-state index in [-0.39, 0.29) is 18.1 Å². The molecule has 0 saturated heterocycles. The number of nitro groups is 1. The highest BCUT2D eigenvalue weighted by Gasteiger charge is 2.06. The van der Waals surface area contributed by atoms with Crippen molar-refractivity contribution >= 4 is 18.1 Å². The third kappa shape index (κ3) is 4.22. The Kier molecular flexibility index (Phi) is 5.95. The summed E-state index contributed by atoms with van der Waals surface area (Å²) in [6.45, 7) is 1.35. The number of benzene rings is 1. The van der Waals surface area contributed by atoms with Crippen molar-refractivity contribution in [1.82, 2.24) is 9.78 Å². The normalized spacial score (nSPS) is 9.85. The zero-order valence-corrected chi connectivity index (χ0v) is 11.5. The fourth-order valence-electron chi connectivity index (χ4n) is 1.54. The Balaban J connectivity index is 0.00000200. The number of hydrogen-bond donors (Lipinski definition) is 1. The lowest BCUT2D eigenvalue weighted by Gasteiger charge is -2.02. The predicted octanol–water partition coefficient (Wildman–Crippen LogP) is 2.35. The lowest BCUT2D eigenvalue weighted by atomic mass is 10.3. The van der Waals surface area contributed by atoms with Gasteiger partial charge in [0.2, 0.25) is 0 Å². The van der Waals surface area contributed by atoms with Crippen molar-refractivity contribution in [2.75, 3.05) is 6.54 Å². The highest BCUT2D eigenvalue weighted by Crippen LogP contribution is 2.23. The first-order valence-electron chi connectivity index (χ1n) is 5.84. The van der Waals surface area contributed by atoms with Gasteiger partial charge in [-0.25, -0.2) is 0 Å². The number of aromatic nitrogens is 2. The molecular formula is C12H15ClN4O3. The zero-order chi connectivity index (χ0) is 13.7. The van der Waals surface area contributed by atoms with E-state index in [4.69, 9.17) is 10.5 Å². The minimum atomic E-state index is -0.450. The van der Waals surface area contributed by atoms with Gasteiger partial charge in [0.1, 0.15) is 5.75 Å². The molecule has 7 nitrogen and oxygen atoms in total. The SMILES string of the molecule is Cl.NCCCn1cc(Oc2ccc([N+](=O)[O-])cc2)cn1. The van der Waals surface area contributed by atoms with Gasteiger partial charge in [-0.1, -0.05) is 0 Å². The predicted molar refractivity (Wildman–Crippen MR) is 76.3 cm³/mol. The molecule has 0 aliphatic heterocycles. The summed E-state index contributed by atoms with van der Waals surface area (Å²) in [7, 11) is 0. The van der Waals surface area contributed by atoms with Gasteiger partial charge >= 0.3 is 0 Å². The highest BCUT2D eigenvalue weighted by atomic mass is 35.5. The van der Waals surface area contributed by atoms with Crippen LogP contribution in [-0.2, 0) is 6.54 Å². The summed E-state index contributed by atoms with van der Waals surface area (Å²) in [6.07, 6.45) is 4.20. The van der Waals surface area contributed by atoms with Gasteiger partial charge in [-0.3, -0.25) is 14.8 Å². The molecule has 0 fully saturated rings. The largest absolute Gasteiger partial charge is 0.454 e. The van der Waals surface area contributed by atoms with Crippen molar-refractivity contribution < 1.29 is 9.66 Å². The number of nitro benzene ring substituents is 1. The van der Waals surface area contributed by atoms with E-state index in [1.807, 2.05) is 0 Å². The van der Waals surface area contributed by atoms with Gasteiger partial charge in [-0.15, -0.1) is 12.4 Å². The average molecular weight is 299 g/mol. The van der Waals surface area contributed by atoms with E-state index < -0.39 is 4.92 Å². The summed E-state index contributed by atoms with van der Waals surface area (Å²) in [5.41, 5.74) is 5.45. The molecular weight excluding hydrogens is 284 g/mol. The molecule has 0 spiro atoms. The van der Waals surface area contributed by atoms with E-state index in [0.29, 0.717) is 18.0 Å². The summed E-state index contributed by atoms with van der Waals surface area (Å²) >= 11 is 0. The van der Waals surface area contributed by atoms with Crippen LogP contribution in [0.5, 0.6) is 11.5 Å². The third-order valence-corrected chi connectivity index (χ3v) is 2.48. The number of aryl methyl sites for hydroxylation is 1. The number of halogens is 1. The quantitative estimate of drug-likeness (QED) is 0.652. The summed E-state index contributed by atoms with van der Waals surface area (Å²) < 4.78 is 7.28. The number of rotatable bonds is 6.